The van der Waals surface area contributed by atoms with Crippen LogP contribution in [0.25, 0.3) is 5.65 Å². The Morgan fingerprint density at radius 3 is 2.76 bits per heavy atom. The lowest BCUT2D eigenvalue weighted by atomic mass is 10.1. The minimum Gasteiger partial charge on any atom is -0.348 e. The molecule has 17 heavy (non-hydrogen) atoms. The summed E-state index contributed by atoms with van der Waals surface area (Å²) in [6, 6.07) is 5.84. The molecule has 2 heterocycles. The molecule has 90 valence electrons. The molecule has 0 aliphatic carbocycles. The first-order chi connectivity index (χ1) is 8.08. The molecule has 0 saturated carbocycles. The molecule has 0 fully saturated rings. The van der Waals surface area contributed by atoms with Crippen LogP contribution in [0.2, 0.25) is 0 Å². The molecule has 1 N–H and O–H groups in total. The maximum atomic E-state index is 11.9. The lowest BCUT2D eigenvalue weighted by Crippen LogP contribution is -2.36. The van der Waals surface area contributed by atoms with E-state index in [0.29, 0.717) is 11.6 Å². The number of amides is 1. The van der Waals surface area contributed by atoms with E-state index in [-0.39, 0.29) is 11.9 Å². The highest BCUT2D eigenvalue weighted by Gasteiger charge is 2.14. The maximum absolute atomic E-state index is 11.9. The van der Waals surface area contributed by atoms with Gasteiger partial charge in [0.1, 0.15) is 11.3 Å². The molecule has 2 aromatic rings. The van der Waals surface area contributed by atoms with Gasteiger partial charge in [0.05, 0.1) is 0 Å². The zero-order valence-electron chi connectivity index (χ0n) is 10.3. The number of carbonyl (C=O) groups is 1. The van der Waals surface area contributed by atoms with Crippen LogP contribution in [-0.2, 0) is 0 Å². The number of pyridine rings is 1. The van der Waals surface area contributed by atoms with Gasteiger partial charge < -0.3 is 9.72 Å². The first kappa shape index (κ1) is 11.6. The molecule has 2 rings (SSSR count). The van der Waals surface area contributed by atoms with Gasteiger partial charge >= 0.3 is 0 Å². The quantitative estimate of drug-likeness (QED) is 0.879. The van der Waals surface area contributed by atoms with Crippen LogP contribution in [0.4, 0.5) is 0 Å². The highest BCUT2D eigenvalue weighted by molar-refractivity contribution is 5.93. The molecule has 0 saturated heterocycles. The van der Waals surface area contributed by atoms with E-state index in [2.05, 4.69) is 24.1 Å². The van der Waals surface area contributed by atoms with Gasteiger partial charge in [0, 0.05) is 18.4 Å². The van der Waals surface area contributed by atoms with Crippen LogP contribution in [0.1, 0.15) is 31.3 Å². The molecule has 4 heteroatoms. The number of nitrogens with zero attached hydrogens (tertiary/aromatic N) is 2. The summed E-state index contributed by atoms with van der Waals surface area (Å²) in [7, 11) is 0. The number of rotatable bonds is 3. The predicted octanol–water partition coefficient (Wildman–Crippen LogP) is 2.11. The molecule has 0 aromatic carbocycles. The third-order valence-corrected chi connectivity index (χ3v) is 2.96. The second-order valence-corrected chi connectivity index (χ2v) is 4.60. The standard InChI is InChI=1S/C13H17N3O/c1-9(2)10(3)14-13(17)11-8-16-7-5-4-6-12(16)15-11/h4-10H,1-3H3,(H,14,17). The smallest absolute Gasteiger partial charge is 0.271 e. The number of aromatic nitrogens is 2. The lowest BCUT2D eigenvalue weighted by Gasteiger charge is -2.16. The predicted molar refractivity (Wildman–Crippen MR) is 67.0 cm³/mol. The van der Waals surface area contributed by atoms with Crippen molar-refractivity contribution in [2.24, 2.45) is 5.92 Å². The highest BCUT2D eigenvalue weighted by atomic mass is 16.1. The summed E-state index contributed by atoms with van der Waals surface area (Å²) in [6.07, 6.45) is 3.63. The monoisotopic (exact) mass is 231 g/mol. The molecular weight excluding hydrogens is 214 g/mol. The molecular formula is C13H17N3O. The zero-order valence-corrected chi connectivity index (χ0v) is 10.3. The van der Waals surface area contributed by atoms with Crippen LogP contribution in [0.15, 0.2) is 30.6 Å². The number of hydrogen-bond donors (Lipinski definition) is 1. The Morgan fingerprint density at radius 1 is 1.35 bits per heavy atom. The van der Waals surface area contributed by atoms with Crippen molar-refractivity contribution < 1.29 is 4.79 Å². The van der Waals surface area contributed by atoms with Gasteiger partial charge in [0.2, 0.25) is 0 Å². The van der Waals surface area contributed by atoms with Gasteiger partial charge in [0.15, 0.2) is 0 Å². The Balaban J connectivity index is 2.19. The van der Waals surface area contributed by atoms with E-state index in [4.69, 9.17) is 0 Å². The summed E-state index contributed by atoms with van der Waals surface area (Å²) in [5.74, 6) is 0.297. The van der Waals surface area contributed by atoms with Crippen molar-refractivity contribution in [1.29, 1.82) is 0 Å². The number of nitrogens with one attached hydrogen (secondary N) is 1. The van der Waals surface area contributed by atoms with Gasteiger partial charge in [-0.25, -0.2) is 4.98 Å². The maximum Gasteiger partial charge on any atom is 0.271 e. The van der Waals surface area contributed by atoms with Crippen molar-refractivity contribution in [3.8, 4) is 0 Å². The normalized spacial score (nSPS) is 12.9. The van der Waals surface area contributed by atoms with Gasteiger partial charge in [-0.3, -0.25) is 4.79 Å². The molecule has 0 radical (unpaired) electrons. The lowest BCUT2D eigenvalue weighted by molar-refractivity contribution is 0.0926. The van der Waals surface area contributed by atoms with E-state index in [9.17, 15) is 4.79 Å². The minimum absolute atomic E-state index is 0.116. The molecule has 0 aliphatic heterocycles. The summed E-state index contributed by atoms with van der Waals surface area (Å²) < 4.78 is 1.84. The Bertz CT molecular complexity index is 497. The summed E-state index contributed by atoms with van der Waals surface area (Å²) >= 11 is 0. The molecule has 1 unspecified atom stereocenters. The fraction of sp³-hybridized carbons (Fsp3) is 0.385. The van der Waals surface area contributed by atoms with Crippen LogP contribution in [-0.4, -0.2) is 21.3 Å². The second kappa shape index (κ2) is 4.57. The topological polar surface area (TPSA) is 46.4 Å². The van der Waals surface area contributed by atoms with Gasteiger partial charge in [-0.2, -0.15) is 0 Å². The van der Waals surface area contributed by atoms with Crippen molar-refractivity contribution in [3.63, 3.8) is 0 Å². The van der Waals surface area contributed by atoms with Crippen LogP contribution in [0.5, 0.6) is 0 Å². The number of carbonyl (C=O) groups excluding carboxylic acids is 1. The molecule has 0 aliphatic rings. The number of fused-ring (bicyclic) bond motifs is 1. The molecule has 0 spiro atoms. The molecule has 0 bridgehead atoms. The Labute approximate surface area is 101 Å². The van der Waals surface area contributed by atoms with E-state index >= 15 is 0 Å². The largest absolute Gasteiger partial charge is 0.348 e. The first-order valence-electron chi connectivity index (χ1n) is 5.82. The number of imidazole rings is 1. The molecule has 4 nitrogen and oxygen atoms in total. The van der Waals surface area contributed by atoms with Crippen molar-refractivity contribution in [2.45, 2.75) is 26.8 Å². The summed E-state index contributed by atoms with van der Waals surface area (Å²) in [4.78, 5) is 16.2. The highest BCUT2D eigenvalue weighted by Crippen LogP contribution is 2.06. The van der Waals surface area contributed by atoms with Gasteiger partial charge in [-0.1, -0.05) is 19.9 Å². The van der Waals surface area contributed by atoms with E-state index in [1.54, 1.807) is 6.20 Å². The van der Waals surface area contributed by atoms with Crippen molar-refractivity contribution >= 4 is 11.6 Å². The fourth-order valence-electron chi connectivity index (χ4n) is 1.49. The molecule has 2 aromatic heterocycles. The third-order valence-electron chi connectivity index (χ3n) is 2.96. The van der Waals surface area contributed by atoms with Crippen molar-refractivity contribution in [3.05, 3.63) is 36.3 Å². The SMILES string of the molecule is CC(C)C(C)NC(=O)c1cn2ccccc2n1. The van der Waals surface area contributed by atoms with Crippen molar-refractivity contribution in [2.75, 3.05) is 0 Å². The first-order valence-corrected chi connectivity index (χ1v) is 5.82. The third kappa shape index (κ3) is 2.46. The van der Waals surface area contributed by atoms with E-state index < -0.39 is 0 Å². The second-order valence-electron chi connectivity index (χ2n) is 4.60. The summed E-state index contributed by atoms with van der Waals surface area (Å²) in [5.41, 5.74) is 1.25. The van der Waals surface area contributed by atoms with Crippen LogP contribution in [0.3, 0.4) is 0 Å². The molecule has 1 amide bonds. The molecule has 1 atom stereocenters. The van der Waals surface area contributed by atoms with E-state index in [1.807, 2.05) is 35.7 Å². The van der Waals surface area contributed by atoms with Crippen molar-refractivity contribution in [1.82, 2.24) is 14.7 Å². The Morgan fingerprint density at radius 2 is 2.12 bits per heavy atom. The average molecular weight is 231 g/mol. The van der Waals surface area contributed by atoms with E-state index in [1.165, 1.54) is 0 Å². The zero-order chi connectivity index (χ0) is 12.4. The van der Waals surface area contributed by atoms with Crippen LogP contribution >= 0.6 is 0 Å². The summed E-state index contributed by atoms with van der Waals surface area (Å²) in [5, 5.41) is 2.94. The van der Waals surface area contributed by atoms with Crippen LogP contribution < -0.4 is 5.32 Å². The summed E-state index contributed by atoms with van der Waals surface area (Å²) in [6.45, 7) is 6.15. The fourth-order valence-corrected chi connectivity index (χ4v) is 1.49. The number of hydrogen-bond acceptors (Lipinski definition) is 2. The van der Waals surface area contributed by atoms with Gasteiger partial charge in [-0.15, -0.1) is 0 Å². The van der Waals surface area contributed by atoms with E-state index in [0.717, 1.165) is 5.65 Å². The van der Waals surface area contributed by atoms with Crippen LogP contribution in [0, 0.1) is 5.92 Å². The Kier molecular flexibility index (Phi) is 3.13. The van der Waals surface area contributed by atoms with Gasteiger partial charge in [-0.05, 0) is 25.0 Å². The Hall–Kier alpha value is -1.84. The average Bonchev–Trinajstić information content (AvgIpc) is 2.72. The van der Waals surface area contributed by atoms with Gasteiger partial charge in [0.25, 0.3) is 5.91 Å². The minimum atomic E-state index is -0.116.